The largest absolute Gasteiger partial charge is 0.493 e. The van der Waals surface area contributed by atoms with E-state index in [9.17, 15) is 4.79 Å². The third-order valence-corrected chi connectivity index (χ3v) is 7.32. The average molecular weight is 491 g/mol. The number of hydrogen-bond acceptors (Lipinski definition) is 6. The van der Waals surface area contributed by atoms with Gasteiger partial charge in [0, 0.05) is 7.05 Å². The zero-order valence-corrected chi connectivity index (χ0v) is 20.6. The second kappa shape index (κ2) is 10.5. The zero-order valence-electron chi connectivity index (χ0n) is 19.8. The van der Waals surface area contributed by atoms with Crippen molar-refractivity contribution in [1.82, 2.24) is 9.88 Å². The summed E-state index contributed by atoms with van der Waals surface area (Å²) in [5.74, 6) is 8.20. The maximum absolute atomic E-state index is 13.0. The molecule has 2 aromatic heterocycles. The van der Waals surface area contributed by atoms with E-state index in [-0.39, 0.29) is 5.91 Å². The molecule has 4 aromatic rings. The topological polar surface area (TPSA) is 81.8 Å². The maximum Gasteiger partial charge on any atom is 0.289 e. The molecular formula is C27H30N4O3S. The van der Waals surface area contributed by atoms with E-state index in [0.717, 1.165) is 59.8 Å². The van der Waals surface area contributed by atoms with Crippen LogP contribution in [0.15, 0.2) is 66.0 Å². The first-order valence-electron chi connectivity index (χ1n) is 11.9. The second-order valence-corrected chi connectivity index (χ2v) is 9.82. The minimum atomic E-state index is -0.256. The van der Waals surface area contributed by atoms with Crippen molar-refractivity contribution >= 4 is 33.1 Å². The van der Waals surface area contributed by atoms with Crippen molar-refractivity contribution in [2.75, 3.05) is 24.7 Å². The van der Waals surface area contributed by atoms with Crippen LogP contribution >= 0.6 is 11.3 Å². The third kappa shape index (κ3) is 5.35. The van der Waals surface area contributed by atoms with Gasteiger partial charge in [-0.25, -0.2) is 10.9 Å². The molecule has 8 heteroatoms. The first kappa shape index (κ1) is 23.4. The van der Waals surface area contributed by atoms with E-state index in [2.05, 4.69) is 5.32 Å². The molecule has 0 bridgehead atoms. The SMILES string of the molecule is Cn1c(C(=O)N(N)c2cccc(COc3ccc(OCC4CCNCC4)cc3)c2)cc2sccc21. The fourth-order valence-corrected chi connectivity index (χ4v) is 5.20. The monoisotopic (exact) mass is 490 g/mol. The van der Waals surface area contributed by atoms with Crippen LogP contribution in [0, 0.1) is 5.92 Å². The molecule has 0 aliphatic carbocycles. The summed E-state index contributed by atoms with van der Waals surface area (Å²) in [6.07, 6.45) is 2.32. The van der Waals surface area contributed by atoms with Gasteiger partial charge < -0.3 is 19.4 Å². The molecule has 0 atom stereocenters. The Morgan fingerprint density at radius 1 is 1.09 bits per heavy atom. The molecule has 1 saturated heterocycles. The number of nitrogens with two attached hydrogens (primary N) is 1. The van der Waals surface area contributed by atoms with Crippen molar-refractivity contribution in [2.24, 2.45) is 18.8 Å². The molecule has 5 rings (SSSR count). The van der Waals surface area contributed by atoms with E-state index < -0.39 is 0 Å². The quantitative estimate of drug-likeness (QED) is 0.212. The summed E-state index contributed by atoms with van der Waals surface area (Å²) in [6.45, 7) is 3.26. The normalized spacial score (nSPS) is 14.2. The molecule has 182 valence electrons. The van der Waals surface area contributed by atoms with E-state index in [4.69, 9.17) is 15.3 Å². The fraction of sp³-hybridized carbons (Fsp3) is 0.296. The van der Waals surface area contributed by atoms with Crippen LogP contribution < -0.4 is 25.6 Å². The standard InChI is InChI=1S/C27H30N4O3S/c1-30-24-11-14-35-26(24)16-25(30)27(32)31(28)21-4-2-3-20(15-21)18-34-23-7-5-22(6-8-23)33-17-19-9-12-29-13-10-19/h2-8,11,14-16,19,29H,9-10,12-13,17-18,28H2,1H3. The van der Waals surface area contributed by atoms with Crippen molar-refractivity contribution in [3.05, 3.63) is 77.3 Å². The summed E-state index contributed by atoms with van der Waals surface area (Å²) in [6, 6.07) is 19.1. The van der Waals surface area contributed by atoms with Gasteiger partial charge in [-0.3, -0.25) is 4.79 Å². The molecule has 0 spiro atoms. The van der Waals surface area contributed by atoms with E-state index in [1.54, 1.807) is 11.3 Å². The van der Waals surface area contributed by atoms with E-state index in [1.165, 1.54) is 5.01 Å². The number of nitrogens with one attached hydrogen (secondary N) is 1. The van der Waals surface area contributed by atoms with E-state index in [0.29, 0.717) is 23.9 Å². The molecule has 0 saturated carbocycles. The number of fused-ring (bicyclic) bond motifs is 1. The molecule has 35 heavy (non-hydrogen) atoms. The summed E-state index contributed by atoms with van der Waals surface area (Å²) in [7, 11) is 1.88. The number of carbonyl (C=O) groups excluding carboxylic acids is 1. The predicted octanol–water partition coefficient (Wildman–Crippen LogP) is 4.72. The number of aromatic nitrogens is 1. The van der Waals surface area contributed by atoms with Crippen LogP contribution in [0.1, 0.15) is 28.9 Å². The highest BCUT2D eigenvalue weighted by atomic mass is 32.1. The lowest BCUT2D eigenvalue weighted by molar-refractivity contribution is 0.0979. The van der Waals surface area contributed by atoms with Crippen molar-refractivity contribution in [3.8, 4) is 11.5 Å². The Labute approximate surface area is 209 Å². The molecule has 0 radical (unpaired) electrons. The van der Waals surface area contributed by atoms with Crippen LogP contribution in [0.2, 0.25) is 0 Å². The zero-order chi connectivity index (χ0) is 24.2. The van der Waals surface area contributed by atoms with Gasteiger partial charge in [-0.1, -0.05) is 12.1 Å². The number of aryl methyl sites for hydroxylation is 1. The Bertz CT molecular complexity index is 1290. The number of carbonyl (C=O) groups is 1. The number of hydrazine groups is 1. The number of benzene rings is 2. The Morgan fingerprint density at radius 2 is 1.83 bits per heavy atom. The summed E-state index contributed by atoms with van der Waals surface area (Å²) < 4.78 is 14.8. The maximum atomic E-state index is 13.0. The van der Waals surface area contributed by atoms with Gasteiger partial charge in [0.2, 0.25) is 0 Å². The number of ether oxygens (including phenoxy) is 2. The smallest absolute Gasteiger partial charge is 0.289 e. The second-order valence-electron chi connectivity index (χ2n) is 8.87. The van der Waals surface area contributed by atoms with Crippen LogP contribution in [-0.2, 0) is 13.7 Å². The highest BCUT2D eigenvalue weighted by Crippen LogP contribution is 2.26. The van der Waals surface area contributed by atoms with E-state index in [1.807, 2.05) is 77.7 Å². The lowest BCUT2D eigenvalue weighted by atomic mass is 9.99. The number of hydrogen-bond donors (Lipinski definition) is 2. The average Bonchev–Trinajstić information content (AvgIpc) is 3.49. The van der Waals surface area contributed by atoms with Crippen molar-refractivity contribution in [2.45, 2.75) is 19.4 Å². The van der Waals surface area contributed by atoms with Gasteiger partial charge in [-0.05, 0) is 91.3 Å². The molecule has 1 amide bonds. The fourth-order valence-electron chi connectivity index (χ4n) is 4.35. The number of thiophene rings is 1. The van der Waals surface area contributed by atoms with Gasteiger partial charge in [0.15, 0.2) is 0 Å². The van der Waals surface area contributed by atoms with Gasteiger partial charge in [0.25, 0.3) is 5.91 Å². The van der Waals surface area contributed by atoms with Crippen LogP contribution in [-0.4, -0.2) is 30.2 Å². The molecule has 3 heterocycles. The predicted molar refractivity (Wildman–Crippen MR) is 140 cm³/mol. The van der Waals surface area contributed by atoms with Crippen LogP contribution in [0.5, 0.6) is 11.5 Å². The van der Waals surface area contributed by atoms with Crippen LogP contribution in [0.4, 0.5) is 5.69 Å². The number of amides is 1. The molecule has 7 nitrogen and oxygen atoms in total. The number of nitrogens with zero attached hydrogens (tertiary/aromatic N) is 2. The molecule has 1 aliphatic heterocycles. The number of rotatable bonds is 8. The summed E-state index contributed by atoms with van der Waals surface area (Å²) in [5.41, 5.74) is 3.11. The Morgan fingerprint density at radius 3 is 2.57 bits per heavy atom. The summed E-state index contributed by atoms with van der Waals surface area (Å²) >= 11 is 1.60. The number of anilines is 1. The summed E-state index contributed by atoms with van der Waals surface area (Å²) in [4.78, 5) is 13.0. The lowest BCUT2D eigenvalue weighted by Crippen LogP contribution is -2.38. The van der Waals surface area contributed by atoms with Crippen molar-refractivity contribution in [1.29, 1.82) is 0 Å². The molecule has 1 aliphatic rings. The molecular weight excluding hydrogens is 460 g/mol. The summed E-state index contributed by atoms with van der Waals surface area (Å²) in [5, 5.41) is 6.58. The number of piperidine rings is 1. The lowest BCUT2D eigenvalue weighted by Gasteiger charge is -2.22. The Kier molecular flexibility index (Phi) is 7.03. The minimum Gasteiger partial charge on any atom is -0.493 e. The molecule has 1 fully saturated rings. The Hall–Kier alpha value is -3.33. The highest BCUT2D eigenvalue weighted by Gasteiger charge is 2.20. The van der Waals surface area contributed by atoms with Gasteiger partial charge >= 0.3 is 0 Å². The Balaban J connectivity index is 1.18. The first-order chi connectivity index (χ1) is 17.1. The van der Waals surface area contributed by atoms with Gasteiger partial charge in [-0.2, -0.15) is 0 Å². The van der Waals surface area contributed by atoms with Gasteiger partial charge in [0.05, 0.1) is 22.5 Å². The molecule has 2 aromatic carbocycles. The van der Waals surface area contributed by atoms with Gasteiger partial charge in [0.1, 0.15) is 23.8 Å². The van der Waals surface area contributed by atoms with Gasteiger partial charge in [-0.15, -0.1) is 11.3 Å². The van der Waals surface area contributed by atoms with Crippen molar-refractivity contribution in [3.63, 3.8) is 0 Å². The first-order valence-corrected chi connectivity index (χ1v) is 12.7. The van der Waals surface area contributed by atoms with Crippen LogP contribution in [0.3, 0.4) is 0 Å². The minimum absolute atomic E-state index is 0.256. The molecule has 3 N–H and O–H groups in total. The molecule has 0 unspecified atom stereocenters. The highest BCUT2D eigenvalue weighted by molar-refractivity contribution is 7.17. The third-order valence-electron chi connectivity index (χ3n) is 6.46. The van der Waals surface area contributed by atoms with Crippen molar-refractivity contribution < 1.29 is 14.3 Å². The van der Waals surface area contributed by atoms with Crippen LogP contribution in [0.25, 0.3) is 10.2 Å². The van der Waals surface area contributed by atoms with E-state index >= 15 is 0 Å².